The number of nitrogens with one attached hydrogen (secondary N) is 1. The lowest BCUT2D eigenvalue weighted by Crippen LogP contribution is -2.43. The Morgan fingerprint density at radius 3 is 2.50 bits per heavy atom. The molecular weight excluding hydrogens is 228 g/mol. The van der Waals surface area contributed by atoms with Crippen LogP contribution in [0.5, 0.6) is 0 Å². The van der Waals surface area contributed by atoms with Crippen molar-refractivity contribution in [3.8, 4) is 0 Å². The van der Waals surface area contributed by atoms with E-state index in [1.807, 2.05) is 6.92 Å². The monoisotopic (exact) mass is 248 g/mol. The summed E-state index contributed by atoms with van der Waals surface area (Å²) in [6.45, 7) is 2.33. The third-order valence-corrected chi connectivity index (χ3v) is 4.66. The van der Waals surface area contributed by atoms with Crippen molar-refractivity contribution in [2.24, 2.45) is 11.7 Å². The zero-order chi connectivity index (χ0) is 12.2. The van der Waals surface area contributed by atoms with E-state index >= 15 is 0 Å². The molecule has 94 valence electrons. The third kappa shape index (κ3) is 4.09. The summed E-state index contributed by atoms with van der Waals surface area (Å²) < 4.78 is 22.4. The zero-order valence-electron chi connectivity index (χ0n) is 9.61. The lowest BCUT2D eigenvalue weighted by Gasteiger charge is -2.24. The lowest BCUT2D eigenvalue weighted by atomic mass is 10.1. The molecule has 1 fully saturated rings. The van der Waals surface area contributed by atoms with Gasteiger partial charge in [-0.3, -0.25) is 4.79 Å². The highest BCUT2D eigenvalue weighted by Crippen LogP contribution is 2.13. The Bertz CT molecular complexity index is 326. The molecule has 0 bridgehead atoms. The highest BCUT2D eigenvalue weighted by Gasteiger charge is 2.25. The van der Waals surface area contributed by atoms with E-state index in [1.54, 1.807) is 0 Å². The van der Waals surface area contributed by atoms with Gasteiger partial charge in [-0.2, -0.15) is 0 Å². The van der Waals surface area contributed by atoms with Gasteiger partial charge in [0.2, 0.25) is 5.91 Å². The van der Waals surface area contributed by atoms with E-state index in [-0.39, 0.29) is 29.4 Å². The number of carbonyl (C=O) groups is 1. The molecule has 1 aliphatic heterocycles. The molecule has 0 aromatic rings. The minimum Gasteiger partial charge on any atom is -0.353 e. The predicted octanol–water partition coefficient (Wildman–Crippen LogP) is -0.335. The van der Waals surface area contributed by atoms with Crippen LogP contribution in [-0.4, -0.2) is 38.4 Å². The Balaban J connectivity index is 2.36. The maximum atomic E-state index is 11.6. The molecule has 0 spiro atoms. The van der Waals surface area contributed by atoms with Gasteiger partial charge in [0.15, 0.2) is 0 Å². The molecule has 5 nitrogen and oxygen atoms in total. The molecule has 0 aromatic heterocycles. The third-order valence-electron chi connectivity index (χ3n) is 2.95. The fourth-order valence-corrected chi connectivity index (χ4v) is 3.25. The summed E-state index contributed by atoms with van der Waals surface area (Å²) >= 11 is 0. The molecular formula is C10H20N2O3S. The van der Waals surface area contributed by atoms with Crippen molar-refractivity contribution in [1.29, 1.82) is 0 Å². The highest BCUT2D eigenvalue weighted by molar-refractivity contribution is 7.91. The van der Waals surface area contributed by atoms with Crippen LogP contribution in [0, 0.1) is 5.92 Å². The molecule has 0 aromatic carbocycles. The second-order valence-corrected chi connectivity index (χ2v) is 6.72. The smallest absolute Gasteiger partial charge is 0.223 e. The van der Waals surface area contributed by atoms with Gasteiger partial charge in [-0.15, -0.1) is 0 Å². The SMILES string of the molecule is CC(CCN)C(=O)NC1CCS(=O)(=O)CC1. The summed E-state index contributed by atoms with van der Waals surface area (Å²) in [6, 6.07) is 0.0104. The first-order valence-electron chi connectivity index (χ1n) is 5.65. The van der Waals surface area contributed by atoms with Gasteiger partial charge in [0, 0.05) is 12.0 Å². The molecule has 0 radical (unpaired) electrons. The van der Waals surface area contributed by atoms with Gasteiger partial charge in [0.05, 0.1) is 11.5 Å². The molecule has 1 atom stereocenters. The number of sulfone groups is 1. The van der Waals surface area contributed by atoms with Gasteiger partial charge in [0.25, 0.3) is 0 Å². The fraction of sp³-hybridized carbons (Fsp3) is 0.900. The van der Waals surface area contributed by atoms with E-state index < -0.39 is 9.84 Å². The first kappa shape index (κ1) is 13.4. The number of hydrogen-bond acceptors (Lipinski definition) is 4. The normalized spacial score (nSPS) is 22.6. The molecule has 0 aliphatic carbocycles. The van der Waals surface area contributed by atoms with Crippen molar-refractivity contribution in [2.45, 2.75) is 32.2 Å². The van der Waals surface area contributed by atoms with Crippen LogP contribution in [-0.2, 0) is 14.6 Å². The quantitative estimate of drug-likeness (QED) is 0.712. The molecule has 1 saturated heterocycles. The van der Waals surface area contributed by atoms with E-state index in [1.165, 1.54) is 0 Å². The predicted molar refractivity (Wildman–Crippen MR) is 62.7 cm³/mol. The minimum absolute atomic E-state index is 0.0104. The summed E-state index contributed by atoms with van der Waals surface area (Å²) in [5.41, 5.74) is 5.38. The van der Waals surface area contributed by atoms with Gasteiger partial charge in [-0.05, 0) is 25.8 Å². The average Bonchev–Trinajstić information content (AvgIpc) is 2.21. The Morgan fingerprint density at radius 2 is 2.00 bits per heavy atom. The van der Waals surface area contributed by atoms with E-state index in [4.69, 9.17) is 5.73 Å². The fourth-order valence-electron chi connectivity index (χ4n) is 1.76. The first-order chi connectivity index (χ1) is 7.44. The summed E-state index contributed by atoms with van der Waals surface area (Å²) in [5, 5.41) is 2.88. The van der Waals surface area contributed by atoms with Crippen molar-refractivity contribution in [1.82, 2.24) is 5.32 Å². The second-order valence-electron chi connectivity index (χ2n) is 4.41. The Hall–Kier alpha value is -0.620. The van der Waals surface area contributed by atoms with Crippen LogP contribution in [0.4, 0.5) is 0 Å². The molecule has 1 rings (SSSR count). The topological polar surface area (TPSA) is 89.3 Å². The molecule has 1 aliphatic rings. The van der Waals surface area contributed by atoms with E-state index in [2.05, 4.69) is 5.32 Å². The van der Waals surface area contributed by atoms with Crippen molar-refractivity contribution in [2.75, 3.05) is 18.1 Å². The summed E-state index contributed by atoms with van der Waals surface area (Å²) in [5.74, 6) is 0.255. The van der Waals surface area contributed by atoms with E-state index in [9.17, 15) is 13.2 Å². The molecule has 1 unspecified atom stereocenters. The first-order valence-corrected chi connectivity index (χ1v) is 7.47. The average molecular weight is 248 g/mol. The van der Waals surface area contributed by atoms with E-state index in [0.717, 1.165) is 0 Å². The van der Waals surface area contributed by atoms with Gasteiger partial charge >= 0.3 is 0 Å². The van der Waals surface area contributed by atoms with Crippen LogP contribution in [0.3, 0.4) is 0 Å². The van der Waals surface area contributed by atoms with Crippen molar-refractivity contribution in [3.05, 3.63) is 0 Å². The molecule has 6 heteroatoms. The standard InChI is InChI=1S/C10H20N2O3S/c1-8(2-5-11)10(13)12-9-3-6-16(14,15)7-4-9/h8-9H,2-7,11H2,1H3,(H,12,13). The van der Waals surface area contributed by atoms with Crippen molar-refractivity contribution in [3.63, 3.8) is 0 Å². The maximum Gasteiger partial charge on any atom is 0.223 e. The minimum atomic E-state index is -2.85. The maximum absolute atomic E-state index is 11.6. The highest BCUT2D eigenvalue weighted by atomic mass is 32.2. The van der Waals surface area contributed by atoms with Crippen LogP contribution in [0.25, 0.3) is 0 Å². The number of amides is 1. The number of rotatable bonds is 4. The number of nitrogens with two attached hydrogens (primary N) is 1. The molecule has 1 amide bonds. The molecule has 1 heterocycles. The Kier molecular flexibility index (Phi) is 4.73. The van der Waals surface area contributed by atoms with Crippen LogP contribution in [0.15, 0.2) is 0 Å². The largest absolute Gasteiger partial charge is 0.353 e. The van der Waals surface area contributed by atoms with Gasteiger partial charge in [-0.25, -0.2) is 8.42 Å². The summed E-state index contributed by atoms with van der Waals surface area (Å²) in [4.78, 5) is 11.6. The van der Waals surface area contributed by atoms with Crippen LogP contribution >= 0.6 is 0 Å². The molecule has 3 N–H and O–H groups in total. The number of carbonyl (C=O) groups excluding carboxylic acids is 1. The van der Waals surface area contributed by atoms with Gasteiger partial charge < -0.3 is 11.1 Å². The lowest BCUT2D eigenvalue weighted by molar-refractivity contribution is -0.125. The number of hydrogen-bond donors (Lipinski definition) is 2. The molecule has 0 saturated carbocycles. The van der Waals surface area contributed by atoms with Crippen molar-refractivity contribution < 1.29 is 13.2 Å². The Morgan fingerprint density at radius 1 is 1.44 bits per heavy atom. The van der Waals surface area contributed by atoms with Crippen LogP contribution in [0.1, 0.15) is 26.2 Å². The summed E-state index contributed by atoms with van der Waals surface area (Å²) in [6.07, 6.45) is 1.73. The van der Waals surface area contributed by atoms with E-state index in [0.29, 0.717) is 25.8 Å². The van der Waals surface area contributed by atoms with Gasteiger partial charge in [-0.1, -0.05) is 6.92 Å². The van der Waals surface area contributed by atoms with Gasteiger partial charge in [0.1, 0.15) is 9.84 Å². The zero-order valence-corrected chi connectivity index (χ0v) is 10.4. The second kappa shape index (κ2) is 5.63. The van der Waals surface area contributed by atoms with Crippen molar-refractivity contribution >= 4 is 15.7 Å². The molecule has 16 heavy (non-hydrogen) atoms. The van der Waals surface area contributed by atoms with Crippen LogP contribution < -0.4 is 11.1 Å². The Labute approximate surface area is 96.7 Å². The summed E-state index contributed by atoms with van der Waals surface area (Å²) in [7, 11) is -2.85. The van der Waals surface area contributed by atoms with Crippen LogP contribution in [0.2, 0.25) is 0 Å².